The van der Waals surface area contributed by atoms with Gasteiger partial charge in [-0.3, -0.25) is 4.90 Å². The number of aromatic nitrogens is 2. The highest BCUT2D eigenvalue weighted by atomic mass is 15.2. The highest BCUT2D eigenvalue weighted by Crippen LogP contribution is 2.20. The topological polar surface area (TPSA) is 47.1 Å². The zero-order chi connectivity index (χ0) is 12.5. The lowest BCUT2D eigenvalue weighted by Gasteiger charge is -2.15. The van der Waals surface area contributed by atoms with E-state index in [1.165, 1.54) is 11.9 Å². The maximum Gasteiger partial charge on any atom is 0.123 e. The normalized spacial score (nSPS) is 20.9. The van der Waals surface area contributed by atoms with Crippen LogP contribution in [-0.2, 0) is 13.6 Å². The molecule has 1 aliphatic heterocycles. The summed E-state index contributed by atoms with van der Waals surface area (Å²) in [5.41, 5.74) is 8.03. The van der Waals surface area contributed by atoms with E-state index >= 15 is 0 Å². The molecule has 0 spiro atoms. The van der Waals surface area contributed by atoms with Crippen LogP contribution >= 0.6 is 0 Å². The number of imidazole rings is 1. The summed E-state index contributed by atoms with van der Waals surface area (Å²) in [5.74, 6) is 1.81. The van der Waals surface area contributed by atoms with Crippen LogP contribution in [0.2, 0.25) is 0 Å². The first-order valence-electron chi connectivity index (χ1n) is 6.60. The Hall–Kier alpha value is -1.39. The molecule has 2 N–H and O–H groups in total. The van der Waals surface area contributed by atoms with Crippen LogP contribution in [0.5, 0.6) is 0 Å². The van der Waals surface area contributed by atoms with Crippen LogP contribution in [-0.4, -0.2) is 34.1 Å². The van der Waals surface area contributed by atoms with Gasteiger partial charge in [-0.1, -0.05) is 12.1 Å². The lowest BCUT2D eigenvalue weighted by Crippen LogP contribution is -2.24. The van der Waals surface area contributed by atoms with E-state index in [9.17, 15) is 0 Å². The number of hydrogen-bond donors (Lipinski definition) is 1. The predicted molar refractivity (Wildman–Crippen MR) is 73.2 cm³/mol. The molecule has 0 saturated carbocycles. The molecule has 1 fully saturated rings. The number of hydrogen-bond acceptors (Lipinski definition) is 3. The quantitative estimate of drug-likeness (QED) is 0.886. The van der Waals surface area contributed by atoms with Crippen molar-refractivity contribution in [3.63, 3.8) is 0 Å². The van der Waals surface area contributed by atoms with Crippen LogP contribution in [0.3, 0.4) is 0 Å². The lowest BCUT2D eigenvalue weighted by atomic mass is 10.1. The van der Waals surface area contributed by atoms with Gasteiger partial charge in [-0.05, 0) is 37.6 Å². The van der Waals surface area contributed by atoms with Gasteiger partial charge >= 0.3 is 0 Å². The summed E-state index contributed by atoms with van der Waals surface area (Å²) in [6.45, 7) is 3.99. The maximum atomic E-state index is 5.73. The third-order valence-corrected chi connectivity index (χ3v) is 3.95. The molecule has 0 aliphatic carbocycles. The third kappa shape index (κ3) is 2.02. The van der Waals surface area contributed by atoms with Crippen molar-refractivity contribution in [2.45, 2.75) is 13.0 Å². The second-order valence-electron chi connectivity index (χ2n) is 5.20. The van der Waals surface area contributed by atoms with Crippen molar-refractivity contribution in [3.8, 4) is 0 Å². The Balaban J connectivity index is 1.81. The first-order chi connectivity index (χ1) is 8.78. The smallest absolute Gasteiger partial charge is 0.123 e. The Bertz CT molecular complexity index is 546. The van der Waals surface area contributed by atoms with Gasteiger partial charge in [0.2, 0.25) is 0 Å². The van der Waals surface area contributed by atoms with Gasteiger partial charge in [0, 0.05) is 13.6 Å². The zero-order valence-electron chi connectivity index (χ0n) is 10.8. The number of likely N-dealkylation sites (tertiary alicyclic amines) is 1. The van der Waals surface area contributed by atoms with Crippen LogP contribution < -0.4 is 5.73 Å². The summed E-state index contributed by atoms with van der Waals surface area (Å²) in [6.07, 6.45) is 1.22. The monoisotopic (exact) mass is 244 g/mol. The second-order valence-corrected chi connectivity index (χ2v) is 5.20. The standard InChI is InChI=1S/C14H20N4/c1-17-13-5-3-2-4-12(13)16-14(17)10-18-7-6-11(8-15)9-18/h2-5,11H,6-10,15H2,1H3. The second kappa shape index (κ2) is 4.71. The third-order valence-electron chi connectivity index (χ3n) is 3.95. The molecule has 18 heavy (non-hydrogen) atoms. The van der Waals surface area contributed by atoms with Crippen molar-refractivity contribution in [2.75, 3.05) is 19.6 Å². The van der Waals surface area contributed by atoms with Crippen molar-refractivity contribution in [1.82, 2.24) is 14.5 Å². The van der Waals surface area contributed by atoms with E-state index in [1.54, 1.807) is 0 Å². The molecule has 0 bridgehead atoms. The SMILES string of the molecule is Cn1c(CN2CCC(CN)C2)nc2ccccc21. The molecule has 1 aromatic carbocycles. The lowest BCUT2D eigenvalue weighted by molar-refractivity contribution is 0.307. The van der Waals surface area contributed by atoms with Gasteiger partial charge < -0.3 is 10.3 Å². The van der Waals surface area contributed by atoms with Gasteiger partial charge in [0.25, 0.3) is 0 Å². The maximum absolute atomic E-state index is 5.73. The molecule has 2 heterocycles. The number of benzene rings is 1. The summed E-state index contributed by atoms with van der Waals surface area (Å²) in [4.78, 5) is 7.17. The van der Waals surface area contributed by atoms with Crippen LogP contribution in [0.1, 0.15) is 12.2 Å². The highest BCUT2D eigenvalue weighted by Gasteiger charge is 2.22. The summed E-state index contributed by atoms with van der Waals surface area (Å²) >= 11 is 0. The minimum atomic E-state index is 0.666. The molecule has 0 radical (unpaired) electrons. The summed E-state index contributed by atoms with van der Waals surface area (Å²) in [7, 11) is 2.10. The number of rotatable bonds is 3. The van der Waals surface area contributed by atoms with Gasteiger partial charge in [0.1, 0.15) is 5.82 Å². The van der Waals surface area contributed by atoms with Crippen molar-refractivity contribution in [3.05, 3.63) is 30.1 Å². The average molecular weight is 244 g/mol. The van der Waals surface area contributed by atoms with Crippen molar-refractivity contribution in [2.24, 2.45) is 18.7 Å². The number of nitrogens with zero attached hydrogens (tertiary/aromatic N) is 3. The Kier molecular flexibility index (Phi) is 3.06. The highest BCUT2D eigenvalue weighted by molar-refractivity contribution is 5.75. The molecule has 1 aromatic heterocycles. The molecule has 2 aromatic rings. The molecule has 4 nitrogen and oxygen atoms in total. The Morgan fingerprint density at radius 3 is 2.94 bits per heavy atom. The van der Waals surface area contributed by atoms with E-state index in [2.05, 4.69) is 34.7 Å². The van der Waals surface area contributed by atoms with E-state index in [0.717, 1.165) is 37.5 Å². The fourth-order valence-corrected chi connectivity index (χ4v) is 2.79. The molecule has 1 atom stereocenters. The first kappa shape index (κ1) is 11.7. The summed E-state index contributed by atoms with van der Waals surface area (Å²) < 4.78 is 2.20. The Labute approximate surface area is 107 Å². The van der Waals surface area contributed by atoms with Crippen LogP contribution in [0.4, 0.5) is 0 Å². The van der Waals surface area contributed by atoms with Gasteiger partial charge in [-0.25, -0.2) is 4.98 Å². The van der Waals surface area contributed by atoms with E-state index in [-0.39, 0.29) is 0 Å². The molecular weight excluding hydrogens is 224 g/mol. The molecule has 4 heteroatoms. The fraction of sp³-hybridized carbons (Fsp3) is 0.500. The van der Waals surface area contributed by atoms with E-state index in [4.69, 9.17) is 10.7 Å². The van der Waals surface area contributed by atoms with Gasteiger partial charge in [-0.15, -0.1) is 0 Å². The minimum Gasteiger partial charge on any atom is -0.330 e. The van der Waals surface area contributed by atoms with Crippen molar-refractivity contribution < 1.29 is 0 Å². The number of fused-ring (bicyclic) bond motifs is 1. The Morgan fingerprint density at radius 1 is 1.39 bits per heavy atom. The molecule has 1 unspecified atom stereocenters. The van der Waals surface area contributed by atoms with Gasteiger partial charge in [0.05, 0.1) is 17.6 Å². The summed E-state index contributed by atoms with van der Waals surface area (Å²) in [6, 6.07) is 8.30. The van der Waals surface area contributed by atoms with E-state index in [0.29, 0.717) is 5.92 Å². The molecule has 1 aliphatic rings. The summed E-state index contributed by atoms with van der Waals surface area (Å²) in [5, 5.41) is 0. The molecule has 0 amide bonds. The Morgan fingerprint density at radius 2 is 2.22 bits per heavy atom. The van der Waals surface area contributed by atoms with Gasteiger partial charge in [-0.2, -0.15) is 0 Å². The molecule has 3 rings (SSSR count). The van der Waals surface area contributed by atoms with Gasteiger partial charge in [0.15, 0.2) is 0 Å². The van der Waals surface area contributed by atoms with Crippen molar-refractivity contribution >= 4 is 11.0 Å². The van der Waals surface area contributed by atoms with Crippen molar-refractivity contribution in [1.29, 1.82) is 0 Å². The van der Waals surface area contributed by atoms with Crippen LogP contribution in [0, 0.1) is 5.92 Å². The predicted octanol–water partition coefficient (Wildman–Crippen LogP) is 1.35. The number of nitrogens with two attached hydrogens (primary N) is 1. The minimum absolute atomic E-state index is 0.666. The fourth-order valence-electron chi connectivity index (χ4n) is 2.79. The van der Waals surface area contributed by atoms with Crippen LogP contribution in [0.15, 0.2) is 24.3 Å². The molecule has 1 saturated heterocycles. The molecule has 96 valence electrons. The molecular formula is C14H20N4. The first-order valence-corrected chi connectivity index (χ1v) is 6.60. The zero-order valence-corrected chi connectivity index (χ0v) is 10.8. The number of aryl methyl sites for hydroxylation is 1. The largest absolute Gasteiger partial charge is 0.330 e. The number of para-hydroxylation sites is 2. The van der Waals surface area contributed by atoms with E-state index < -0.39 is 0 Å². The van der Waals surface area contributed by atoms with Crippen LogP contribution in [0.25, 0.3) is 11.0 Å². The van der Waals surface area contributed by atoms with E-state index in [1.807, 2.05) is 6.07 Å². The average Bonchev–Trinajstić information content (AvgIpc) is 2.97.